The zero-order valence-corrected chi connectivity index (χ0v) is 100.0. The van der Waals surface area contributed by atoms with Crippen LogP contribution in [0.15, 0.2) is 55.8 Å². The van der Waals surface area contributed by atoms with Crippen molar-refractivity contribution in [1.82, 2.24) is 135 Å². The minimum absolute atomic E-state index is 0.634. The molecule has 27 heteroatoms. The van der Waals surface area contributed by atoms with E-state index in [1.165, 1.54) is 190 Å². The number of hydrogen-bond donors (Lipinski definition) is 0. The first-order valence-corrected chi connectivity index (χ1v) is 58.2. The van der Waals surface area contributed by atoms with E-state index in [0.717, 1.165) is 240 Å². The highest BCUT2D eigenvalue weighted by atomic mass is 15.5. The molecule has 828 valence electrons. The molecule has 0 spiro atoms. The summed E-state index contributed by atoms with van der Waals surface area (Å²) in [7, 11) is 0. The van der Waals surface area contributed by atoms with Crippen LogP contribution in [0.2, 0.25) is 0 Å². The van der Waals surface area contributed by atoms with Gasteiger partial charge in [0.15, 0.2) is 0 Å². The van der Waals surface area contributed by atoms with Crippen molar-refractivity contribution >= 4 is 0 Å². The van der Waals surface area contributed by atoms with Gasteiger partial charge >= 0.3 is 0 Å². The lowest BCUT2D eigenvalue weighted by atomic mass is 10.0. The summed E-state index contributed by atoms with van der Waals surface area (Å²) in [6.45, 7) is 90.0. The molecule has 0 atom stereocenters. The van der Waals surface area contributed by atoms with E-state index in [-0.39, 0.29) is 0 Å². The van der Waals surface area contributed by atoms with E-state index in [2.05, 4.69) is 393 Å². The van der Waals surface area contributed by atoms with Crippen molar-refractivity contribution in [3.05, 3.63) is 107 Å². The average Bonchev–Trinajstić information content (AvgIpc) is 1.75. The third-order valence-corrected chi connectivity index (χ3v) is 24.5. The quantitative estimate of drug-likeness (QED) is 0.0320. The second-order valence-electron chi connectivity index (χ2n) is 49.0. The lowest BCUT2D eigenvalue weighted by Gasteiger charge is -2.08. The molecule has 0 fully saturated rings. The van der Waals surface area contributed by atoms with Gasteiger partial charge in [0.05, 0.1) is 69.8 Å². The fraction of sp³-hybridized carbons (Fsp3) is 0.846. The maximum atomic E-state index is 4.22. The Balaban J connectivity index is 0.000000810. The second-order valence-corrected chi connectivity index (χ2v) is 49.0. The summed E-state index contributed by atoms with van der Waals surface area (Å²) in [5, 5.41) is 74.6. The van der Waals surface area contributed by atoms with Gasteiger partial charge in [-0.15, -0.1) is 45.9 Å². The zero-order valence-electron chi connectivity index (χ0n) is 100.0. The van der Waals surface area contributed by atoms with Gasteiger partial charge in [-0.05, 0) is 273 Å². The molecule has 27 nitrogen and oxygen atoms in total. The lowest BCUT2D eigenvalue weighted by molar-refractivity contribution is 0.460. The van der Waals surface area contributed by atoms with Crippen molar-refractivity contribution in [1.29, 1.82) is 0 Å². The van der Waals surface area contributed by atoms with Crippen LogP contribution >= 0.6 is 0 Å². The van der Waals surface area contributed by atoms with Crippen LogP contribution < -0.4 is 0 Å². The fourth-order valence-electron chi connectivity index (χ4n) is 15.4. The molecule has 9 rings (SSSR count). The standard InChI is InChI=1S/2C14H27N3.5C13H25N3.2C12H23N3/c1-12(2)7-5-6-10-17-14(11-15-16-17)9-8-13(3)4;1-12(2)7-5-6-8-14-11-17(16-15-14)10-9-13(3)4;1-11(2)6-5-9-16-10-13(14-15-16)8-7-12(3)4;1-11(2)6-5-9-16-13(10-14-15-16)8-7-12(3)4;1-11(2)6-5-7-13-10-14-15-16(13)9-8-12(3)4;1-11(2)7-5-6-8-16-10-13(14-15-16)9-12(3)4;1-11(2)7-5-6-8-13-10-16(15-14-13)9-12(3)4;1-10(2)5-6-12-9-15(14-13-12)8-7-11(3)4;1-10(2)6-5-7-12-9-15(14-13-12)8-11(3)4/h2*11-13H,5-10H2,1-4H3;5*10-12H,5-9H2,1-4H3;2*9-11H,5-8H2,1-4H3. The van der Waals surface area contributed by atoms with Gasteiger partial charge in [0.25, 0.3) is 0 Å². The number of unbranched alkanes of at least 4 members (excludes halogenated alkanes) is 4. The summed E-state index contributed by atoms with van der Waals surface area (Å²) >= 11 is 0. The number of aryl methyl sites for hydroxylation is 15. The highest BCUT2D eigenvalue weighted by molar-refractivity contribution is 5.00. The van der Waals surface area contributed by atoms with E-state index >= 15 is 0 Å². The molecule has 0 aliphatic carbocycles. The topological polar surface area (TPSA) is 276 Å². The Bertz CT molecular complexity index is 4170. The molecule has 0 aliphatic heterocycles. The molecule has 0 amide bonds. The van der Waals surface area contributed by atoms with Crippen molar-refractivity contribution in [3.8, 4) is 0 Å². The van der Waals surface area contributed by atoms with Gasteiger partial charge in [0.2, 0.25) is 0 Å². The van der Waals surface area contributed by atoms with Crippen LogP contribution in [0.3, 0.4) is 0 Å². The molecular weight excluding hydrogens is 1780 g/mol. The highest BCUT2D eigenvalue weighted by Gasteiger charge is 2.15. The number of aromatic nitrogens is 27. The van der Waals surface area contributed by atoms with Gasteiger partial charge in [0.1, 0.15) is 0 Å². The lowest BCUT2D eigenvalue weighted by Crippen LogP contribution is -2.07. The van der Waals surface area contributed by atoms with Crippen LogP contribution in [0.25, 0.3) is 0 Å². The molecule has 0 aromatic carbocycles. The molecule has 9 aromatic rings. The van der Waals surface area contributed by atoms with Gasteiger partial charge < -0.3 is 0 Å². The molecule has 0 saturated carbocycles. The number of hydrogen-bond acceptors (Lipinski definition) is 18. The van der Waals surface area contributed by atoms with Crippen LogP contribution in [0, 0.1) is 107 Å². The largest absolute Gasteiger partial charge is 0.252 e. The second kappa shape index (κ2) is 82.2. The van der Waals surface area contributed by atoms with E-state index in [4.69, 9.17) is 0 Å². The van der Waals surface area contributed by atoms with Gasteiger partial charge in [-0.1, -0.05) is 360 Å². The summed E-state index contributed by atoms with van der Waals surface area (Å²) < 4.78 is 18.1. The van der Waals surface area contributed by atoms with Crippen molar-refractivity contribution in [3.63, 3.8) is 0 Å². The van der Waals surface area contributed by atoms with E-state index in [1.807, 2.05) is 46.7 Å². The maximum Gasteiger partial charge on any atom is 0.0829 e. The van der Waals surface area contributed by atoms with Gasteiger partial charge in [-0.25, -0.2) is 14.0 Å². The number of rotatable bonds is 63. The fourth-order valence-corrected chi connectivity index (χ4v) is 15.4. The van der Waals surface area contributed by atoms with Crippen LogP contribution in [-0.2, 0) is 117 Å². The molecule has 144 heavy (non-hydrogen) atoms. The van der Waals surface area contributed by atoms with E-state index < -0.39 is 0 Å². The molecule has 0 unspecified atom stereocenters. The van der Waals surface area contributed by atoms with Crippen LogP contribution in [0.5, 0.6) is 0 Å². The molecule has 0 N–H and O–H groups in total. The summed E-state index contributed by atoms with van der Waals surface area (Å²) in [6, 6.07) is 0. The third-order valence-electron chi connectivity index (χ3n) is 24.5. The SMILES string of the molecule is CC(C)CCCCc1cn(CC(C)C)nn1.CC(C)CCCCc1cn(CCC(C)C)nn1.CC(C)CCCCn1cc(CC(C)C)nn1.CC(C)CCCCn1nncc1CCC(C)C.CC(C)CCCc1cn(CC(C)C)nn1.CC(C)CCCc1cnnn1CCC(C)C.CC(C)CCCn1cc(CCC(C)C)nn1.CC(C)CCCn1nncc1CCC(C)C.CC(C)CCc1cn(CCC(C)C)nn1. The summed E-state index contributed by atoms with van der Waals surface area (Å²) in [4.78, 5) is 0. The molecule has 0 saturated heterocycles. The predicted octanol–water partition coefficient (Wildman–Crippen LogP) is 29.7. The molecule has 9 aromatic heterocycles. The Hall–Kier alpha value is -7.74. The van der Waals surface area contributed by atoms with Gasteiger partial charge in [-0.2, -0.15) is 0 Å². The Kier molecular flexibility index (Phi) is 76.6. The minimum atomic E-state index is 0.634. The van der Waals surface area contributed by atoms with Crippen molar-refractivity contribution < 1.29 is 0 Å². The predicted molar refractivity (Wildman–Crippen MR) is 605 cm³/mol. The summed E-state index contributed by atoms with van der Waals surface area (Å²) in [6.07, 6.45) is 61.7. The molecule has 9 heterocycles. The van der Waals surface area contributed by atoms with Crippen molar-refractivity contribution in [2.75, 3.05) is 0 Å². The molecule has 0 radical (unpaired) electrons. The normalized spacial score (nSPS) is 11.6. The molecular formula is C117H225N27. The van der Waals surface area contributed by atoms with E-state index in [9.17, 15) is 0 Å². The first-order chi connectivity index (χ1) is 68.2. The first kappa shape index (κ1) is 134. The number of nitrogens with zero attached hydrogens (tertiary/aromatic N) is 27. The van der Waals surface area contributed by atoms with E-state index in [0.29, 0.717) is 17.8 Å². The van der Waals surface area contributed by atoms with Crippen LogP contribution in [0.1, 0.15) is 474 Å². The average molecular weight is 2010 g/mol. The van der Waals surface area contributed by atoms with Crippen LogP contribution in [0.4, 0.5) is 0 Å². The highest BCUT2D eigenvalue weighted by Crippen LogP contribution is 2.20. The Morgan fingerprint density at radius 2 is 0.396 bits per heavy atom. The summed E-state index contributed by atoms with van der Waals surface area (Å²) in [5.74, 6) is 13.5. The zero-order chi connectivity index (χ0) is 108. The van der Waals surface area contributed by atoms with E-state index in [1.54, 1.807) is 0 Å². The maximum absolute atomic E-state index is 4.22. The molecule has 0 bridgehead atoms. The Morgan fingerprint density at radius 1 is 0.167 bits per heavy atom. The molecule has 0 aliphatic rings. The summed E-state index contributed by atoms with van der Waals surface area (Å²) in [5.41, 5.74) is 10.7. The first-order valence-electron chi connectivity index (χ1n) is 58.2. The minimum Gasteiger partial charge on any atom is -0.252 e. The monoisotopic (exact) mass is 2010 g/mol. The van der Waals surface area contributed by atoms with Crippen LogP contribution in [-0.4, -0.2) is 135 Å². The smallest absolute Gasteiger partial charge is 0.0829 e. The van der Waals surface area contributed by atoms with Crippen molar-refractivity contribution in [2.45, 2.75) is 539 Å². The van der Waals surface area contributed by atoms with Gasteiger partial charge in [-0.3, -0.25) is 28.1 Å². The third kappa shape index (κ3) is 77.6. The van der Waals surface area contributed by atoms with Gasteiger partial charge in [0, 0.05) is 96.1 Å². The Labute approximate surface area is 882 Å². The van der Waals surface area contributed by atoms with Crippen molar-refractivity contribution in [2.24, 2.45) is 107 Å². The Morgan fingerprint density at radius 3 is 0.736 bits per heavy atom.